The van der Waals surface area contributed by atoms with Crippen LogP contribution < -0.4 is 0 Å². The third kappa shape index (κ3) is 4.40. The first-order valence-electron chi connectivity index (χ1n) is 12.3. The third-order valence-corrected chi connectivity index (χ3v) is 8.69. The van der Waals surface area contributed by atoms with Crippen LogP contribution in [0.15, 0.2) is 0 Å². The molecule has 0 radical (unpaired) electrons. The zero-order chi connectivity index (χ0) is 21.2. The van der Waals surface area contributed by atoms with Gasteiger partial charge in [-0.05, 0) is 31.6 Å². The summed E-state index contributed by atoms with van der Waals surface area (Å²) < 4.78 is 0. The third-order valence-electron chi connectivity index (χ3n) is 8.69. The van der Waals surface area contributed by atoms with Gasteiger partial charge in [-0.1, -0.05) is 44.9 Å². The highest BCUT2D eigenvalue weighted by atomic mass is 16.3. The van der Waals surface area contributed by atoms with E-state index in [9.17, 15) is 19.8 Å². The summed E-state index contributed by atoms with van der Waals surface area (Å²) >= 11 is 0. The van der Waals surface area contributed by atoms with Crippen LogP contribution in [0.3, 0.4) is 0 Å². The summed E-state index contributed by atoms with van der Waals surface area (Å²) in [6.45, 7) is 2.14. The van der Waals surface area contributed by atoms with Crippen molar-refractivity contribution in [3.8, 4) is 0 Å². The summed E-state index contributed by atoms with van der Waals surface area (Å²) in [4.78, 5) is 29.2. The standard InChI is InChI=1S/C24H40N2O4/c27-16-20-14-22(29)26(15-20)18-24(30)12-13-25(17-23(24)10-4-5-11-23)21(28)9-8-19-6-2-1-3-7-19/h19-20,27,30H,1-18H2. The molecule has 0 aromatic carbocycles. The number of likely N-dealkylation sites (tertiary alicyclic amines) is 2. The van der Waals surface area contributed by atoms with Gasteiger partial charge in [0.25, 0.3) is 0 Å². The molecule has 6 nitrogen and oxygen atoms in total. The van der Waals surface area contributed by atoms with Crippen LogP contribution in [0, 0.1) is 17.3 Å². The lowest BCUT2D eigenvalue weighted by Crippen LogP contribution is -2.64. The van der Waals surface area contributed by atoms with Crippen LogP contribution in [0.2, 0.25) is 0 Å². The average Bonchev–Trinajstić information content (AvgIpc) is 3.37. The molecule has 0 aromatic rings. The van der Waals surface area contributed by atoms with E-state index in [0.717, 1.165) is 32.1 Å². The maximum Gasteiger partial charge on any atom is 0.223 e. The average molecular weight is 421 g/mol. The molecule has 1 spiro atoms. The Bertz CT molecular complexity index is 627. The molecule has 4 aliphatic rings. The summed E-state index contributed by atoms with van der Waals surface area (Å²) in [6, 6.07) is 0. The second kappa shape index (κ2) is 9.15. The van der Waals surface area contributed by atoms with Crippen LogP contribution in [0.1, 0.15) is 83.5 Å². The van der Waals surface area contributed by atoms with E-state index in [-0.39, 0.29) is 29.8 Å². The van der Waals surface area contributed by atoms with Gasteiger partial charge in [0.15, 0.2) is 0 Å². The number of β-amino-alcohol motifs (C(OH)–C–C–N with tert-alkyl or cyclic N) is 1. The summed E-state index contributed by atoms with van der Waals surface area (Å²) in [6.07, 6.45) is 13.1. The molecule has 0 aromatic heterocycles. The Morgan fingerprint density at radius 1 is 1.03 bits per heavy atom. The number of nitrogens with zero attached hydrogens (tertiary/aromatic N) is 2. The number of aliphatic hydroxyl groups excluding tert-OH is 1. The van der Waals surface area contributed by atoms with Gasteiger partial charge in [-0.3, -0.25) is 9.59 Å². The van der Waals surface area contributed by atoms with Crippen molar-refractivity contribution in [1.29, 1.82) is 0 Å². The van der Waals surface area contributed by atoms with Crippen LogP contribution in [0.5, 0.6) is 0 Å². The zero-order valence-electron chi connectivity index (χ0n) is 18.5. The largest absolute Gasteiger partial charge is 0.396 e. The lowest BCUT2D eigenvalue weighted by atomic mass is 9.65. The van der Waals surface area contributed by atoms with Crippen molar-refractivity contribution in [3.63, 3.8) is 0 Å². The van der Waals surface area contributed by atoms with E-state index in [1.54, 1.807) is 4.90 Å². The fourth-order valence-corrected chi connectivity index (χ4v) is 6.72. The Morgan fingerprint density at radius 3 is 2.43 bits per heavy atom. The highest BCUT2D eigenvalue weighted by Crippen LogP contribution is 2.51. The van der Waals surface area contributed by atoms with E-state index in [0.29, 0.717) is 51.4 Å². The van der Waals surface area contributed by atoms with Gasteiger partial charge in [0, 0.05) is 50.4 Å². The van der Waals surface area contributed by atoms with Gasteiger partial charge in [-0.25, -0.2) is 0 Å². The smallest absolute Gasteiger partial charge is 0.223 e. The molecule has 170 valence electrons. The van der Waals surface area contributed by atoms with Crippen LogP contribution in [-0.4, -0.2) is 70.2 Å². The number of carbonyl (C=O) groups excluding carboxylic acids is 2. The van der Waals surface area contributed by atoms with Crippen LogP contribution >= 0.6 is 0 Å². The molecule has 2 N–H and O–H groups in total. The summed E-state index contributed by atoms with van der Waals surface area (Å²) in [7, 11) is 0. The molecular weight excluding hydrogens is 380 g/mol. The Hall–Kier alpha value is -1.14. The molecular formula is C24H40N2O4. The quantitative estimate of drug-likeness (QED) is 0.692. The van der Waals surface area contributed by atoms with Crippen molar-refractivity contribution in [2.45, 2.75) is 89.1 Å². The van der Waals surface area contributed by atoms with E-state index in [1.165, 1.54) is 32.1 Å². The number of carbonyl (C=O) groups is 2. The number of aliphatic hydroxyl groups is 2. The second-order valence-electron chi connectivity index (χ2n) is 10.7. The fourth-order valence-electron chi connectivity index (χ4n) is 6.72. The Morgan fingerprint density at radius 2 is 1.77 bits per heavy atom. The molecule has 4 fully saturated rings. The Kier molecular flexibility index (Phi) is 6.73. The molecule has 6 heteroatoms. The van der Waals surface area contributed by atoms with E-state index in [1.807, 2.05) is 4.90 Å². The summed E-state index contributed by atoms with van der Waals surface area (Å²) in [5.74, 6) is 1.00. The van der Waals surface area contributed by atoms with Crippen LogP contribution in [0.25, 0.3) is 0 Å². The van der Waals surface area contributed by atoms with E-state index in [4.69, 9.17) is 0 Å². The van der Waals surface area contributed by atoms with Crippen molar-refractivity contribution in [1.82, 2.24) is 9.80 Å². The summed E-state index contributed by atoms with van der Waals surface area (Å²) in [5, 5.41) is 21.2. The number of rotatable bonds is 6. The molecule has 2 heterocycles. The minimum Gasteiger partial charge on any atom is -0.396 e. The maximum atomic E-state index is 13.0. The minimum atomic E-state index is -0.927. The second-order valence-corrected chi connectivity index (χ2v) is 10.7. The lowest BCUT2D eigenvalue weighted by Gasteiger charge is -2.53. The molecule has 0 bridgehead atoms. The van der Waals surface area contributed by atoms with Gasteiger partial charge >= 0.3 is 0 Å². The normalized spacial score (nSPS) is 32.3. The van der Waals surface area contributed by atoms with Crippen molar-refractivity contribution < 1.29 is 19.8 Å². The predicted octanol–water partition coefficient (Wildman–Crippen LogP) is 2.71. The van der Waals surface area contributed by atoms with Crippen molar-refractivity contribution in [3.05, 3.63) is 0 Å². The number of hydrogen-bond donors (Lipinski definition) is 2. The van der Waals surface area contributed by atoms with Crippen molar-refractivity contribution in [2.24, 2.45) is 17.3 Å². The molecule has 2 saturated heterocycles. The van der Waals surface area contributed by atoms with Crippen molar-refractivity contribution in [2.75, 3.05) is 32.8 Å². The first-order valence-corrected chi connectivity index (χ1v) is 12.3. The SMILES string of the molecule is O=C1CC(CO)CN1CC1(O)CCN(C(=O)CCC2CCCCC2)CC12CCCC2. The van der Waals surface area contributed by atoms with Crippen molar-refractivity contribution >= 4 is 11.8 Å². The number of amides is 2. The van der Waals surface area contributed by atoms with Gasteiger partial charge in [0.05, 0.1) is 12.1 Å². The number of hydrogen-bond acceptors (Lipinski definition) is 4. The molecule has 2 atom stereocenters. The minimum absolute atomic E-state index is 0.0120. The molecule has 2 aliphatic heterocycles. The Labute approximate surface area is 181 Å². The van der Waals surface area contributed by atoms with Gasteiger partial charge in [-0.2, -0.15) is 0 Å². The first kappa shape index (κ1) is 22.1. The van der Waals surface area contributed by atoms with E-state index in [2.05, 4.69) is 0 Å². The molecule has 30 heavy (non-hydrogen) atoms. The maximum absolute atomic E-state index is 13.0. The molecule has 2 aliphatic carbocycles. The van der Waals surface area contributed by atoms with E-state index >= 15 is 0 Å². The highest BCUT2D eigenvalue weighted by molar-refractivity contribution is 5.79. The van der Waals surface area contributed by atoms with E-state index < -0.39 is 5.60 Å². The molecule has 2 saturated carbocycles. The molecule has 2 unspecified atom stereocenters. The Balaban J connectivity index is 1.39. The lowest BCUT2D eigenvalue weighted by molar-refractivity contribution is -0.165. The fraction of sp³-hybridized carbons (Fsp3) is 0.917. The van der Waals surface area contributed by atoms with Gasteiger partial charge in [-0.15, -0.1) is 0 Å². The zero-order valence-corrected chi connectivity index (χ0v) is 18.5. The first-order chi connectivity index (χ1) is 14.4. The molecule has 2 amide bonds. The highest BCUT2D eigenvalue weighted by Gasteiger charge is 2.56. The summed E-state index contributed by atoms with van der Waals surface area (Å²) in [5.41, 5.74) is -1.22. The van der Waals surface area contributed by atoms with Gasteiger partial charge in [0.1, 0.15) is 0 Å². The number of piperidine rings is 1. The van der Waals surface area contributed by atoms with Crippen LogP contribution in [0.4, 0.5) is 0 Å². The topological polar surface area (TPSA) is 81.1 Å². The monoisotopic (exact) mass is 420 g/mol. The van der Waals surface area contributed by atoms with Gasteiger partial charge in [0.2, 0.25) is 11.8 Å². The predicted molar refractivity (Wildman–Crippen MR) is 115 cm³/mol. The molecule has 4 rings (SSSR count). The van der Waals surface area contributed by atoms with Crippen LogP contribution in [-0.2, 0) is 9.59 Å². The van der Waals surface area contributed by atoms with Gasteiger partial charge < -0.3 is 20.0 Å².